The third-order valence-electron chi connectivity index (χ3n) is 14.8. The summed E-state index contributed by atoms with van der Waals surface area (Å²) in [5.41, 5.74) is 5.74. The summed E-state index contributed by atoms with van der Waals surface area (Å²) in [5.74, 6) is 2.36. The summed E-state index contributed by atoms with van der Waals surface area (Å²) in [5, 5.41) is 3.82. The van der Waals surface area contributed by atoms with Crippen molar-refractivity contribution in [3.8, 4) is 22.6 Å². The van der Waals surface area contributed by atoms with Crippen LogP contribution in [0, 0.1) is 11.3 Å². The van der Waals surface area contributed by atoms with Crippen molar-refractivity contribution in [2.75, 3.05) is 76.4 Å². The van der Waals surface area contributed by atoms with E-state index in [1.807, 2.05) is 18.2 Å². The molecule has 14 nitrogen and oxygen atoms in total. The Hall–Kier alpha value is -5.47. The van der Waals surface area contributed by atoms with E-state index in [1.54, 1.807) is 31.5 Å². The first kappa shape index (κ1) is 39.7. The Balaban J connectivity index is 0.723. The molecule has 1 unspecified atom stereocenters. The van der Waals surface area contributed by atoms with Gasteiger partial charge in [-0.05, 0) is 119 Å². The van der Waals surface area contributed by atoms with Gasteiger partial charge in [0.05, 0.1) is 25.2 Å². The Kier molecular flexibility index (Phi) is 10.3. The minimum Gasteiger partial charge on any atom is -0.496 e. The first-order valence-corrected chi connectivity index (χ1v) is 22.1. The quantitative estimate of drug-likeness (QED) is 0.213. The number of H-pyrrole nitrogens is 1. The van der Waals surface area contributed by atoms with Crippen LogP contribution in [0.5, 0.6) is 11.5 Å². The van der Waals surface area contributed by atoms with E-state index in [4.69, 9.17) is 9.47 Å². The van der Waals surface area contributed by atoms with E-state index in [2.05, 4.69) is 60.0 Å². The molecule has 0 bridgehead atoms. The van der Waals surface area contributed by atoms with E-state index in [9.17, 15) is 19.2 Å². The number of methoxy groups -OCH3 is 2. The summed E-state index contributed by atoms with van der Waals surface area (Å²) in [6.45, 7) is 11.8. The standard InChI is InChI=1S/C47H56N8O6/c1-29-8-15-54(29)42-21-35-36(22-49-44(57)37(35)23-48-42)32-18-40(60-2)38(41(19-32)61-3)26-51-13-9-30(10-14-51)24-52-16-11-47(12-17-52)27-53(28-47)33-5-4-31-25-55(46(59)34(31)20-33)39-6-7-43(56)50-45(39)58/h4-5,18-23,29-30,39H,6-17,24-28H2,1-3H3,(H,49,57)(H,50,56,58)/t29-,39?/m0/s1. The molecule has 1 spiro atoms. The number of aromatic nitrogens is 2. The van der Waals surface area contributed by atoms with Crippen LogP contribution in [0.4, 0.5) is 11.5 Å². The van der Waals surface area contributed by atoms with Crippen LogP contribution >= 0.6 is 0 Å². The first-order chi connectivity index (χ1) is 29.6. The second-order valence-electron chi connectivity index (χ2n) is 18.4. The minimum absolute atomic E-state index is 0.115. The predicted octanol–water partition coefficient (Wildman–Crippen LogP) is 4.78. The average molecular weight is 829 g/mol. The smallest absolute Gasteiger partial charge is 0.257 e. The monoisotopic (exact) mass is 828 g/mol. The fraction of sp³-hybridized carbons (Fsp3) is 0.511. The predicted molar refractivity (Wildman–Crippen MR) is 233 cm³/mol. The molecule has 6 aliphatic heterocycles. The fourth-order valence-corrected chi connectivity index (χ4v) is 10.8. The van der Waals surface area contributed by atoms with Crippen molar-refractivity contribution < 1.29 is 23.9 Å². The molecule has 5 fully saturated rings. The van der Waals surface area contributed by atoms with Gasteiger partial charge in [-0.2, -0.15) is 0 Å². The maximum atomic E-state index is 13.4. The van der Waals surface area contributed by atoms with Crippen LogP contribution in [0.1, 0.15) is 73.4 Å². The minimum atomic E-state index is -0.590. The number of rotatable bonds is 10. The Labute approximate surface area is 356 Å². The molecule has 3 amide bonds. The molecule has 61 heavy (non-hydrogen) atoms. The number of anilines is 2. The summed E-state index contributed by atoms with van der Waals surface area (Å²) >= 11 is 0. The molecule has 4 aromatic rings. The average Bonchev–Trinajstić information content (AvgIpc) is 3.58. The number of imide groups is 1. The van der Waals surface area contributed by atoms with Crippen molar-refractivity contribution in [3.05, 3.63) is 75.8 Å². The zero-order chi connectivity index (χ0) is 42.0. The molecule has 2 atom stereocenters. The first-order valence-electron chi connectivity index (χ1n) is 22.1. The summed E-state index contributed by atoms with van der Waals surface area (Å²) in [7, 11) is 3.43. The molecule has 10 rings (SSSR count). The number of nitrogens with one attached hydrogen (secondary N) is 2. The van der Waals surface area contributed by atoms with E-state index < -0.39 is 6.04 Å². The van der Waals surface area contributed by atoms with E-state index >= 15 is 0 Å². The lowest BCUT2D eigenvalue weighted by molar-refractivity contribution is -0.136. The summed E-state index contributed by atoms with van der Waals surface area (Å²) < 4.78 is 12.0. The number of nitrogens with zero attached hydrogens (tertiary/aromatic N) is 6. The van der Waals surface area contributed by atoms with Gasteiger partial charge in [0.15, 0.2) is 0 Å². The van der Waals surface area contributed by atoms with E-state index in [0.29, 0.717) is 41.3 Å². The van der Waals surface area contributed by atoms with Crippen LogP contribution in [0.3, 0.4) is 0 Å². The van der Waals surface area contributed by atoms with Crippen molar-refractivity contribution in [1.29, 1.82) is 0 Å². The normalized spacial score (nSPS) is 23.3. The lowest BCUT2D eigenvalue weighted by atomic mass is 9.71. The highest BCUT2D eigenvalue weighted by Gasteiger charge is 2.46. The third-order valence-corrected chi connectivity index (χ3v) is 14.8. The number of piperidine rings is 3. The number of fused-ring (bicyclic) bond motifs is 2. The van der Waals surface area contributed by atoms with Crippen LogP contribution < -0.4 is 30.1 Å². The van der Waals surface area contributed by atoms with Crippen LogP contribution in [-0.4, -0.2) is 121 Å². The van der Waals surface area contributed by atoms with Gasteiger partial charge in [0, 0.05) is 91.7 Å². The Morgan fingerprint density at radius 2 is 1.57 bits per heavy atom. The van der Waals surface area contributed by atoms with Crippen LogP contribution in [0.15, 0.2) is 53.6 Å². The molecule has 2 aromatic carbocycles. The van der Waals surface area contributed by atoms with Gasteiger partial charge in [0.2, 0.25) is 11.8 Å². The lowest BCUT2D eigenvalue weighted by Gasteiger charge is -2.55. The van der Waals surface area contributed by atoms with E-state index in [0.717, 1.165) is 129 Å². The van der Waals surface area contributed by atoms with Gasteiger partial charge in [0.25, 0.3) is 11.5 Å². The van der Waals surface area contributed by atoms with Crippen molar-refractivity contribution in [3.63, 3.8) is 0 Å². The number of likely N-dealkylation sites (tertiary alicyclic amines) is 2. The number of carbonyl (C=O) groups is 3. The molecule has 2 N–H and O–H groups in total. The number of carbonyl (C=O) groups excluding carboxylic acids is 3. The Morgan fingerprint density at radius 3 is 2.25 bits per heavy atom. The topological polar surface area (TPSA) is 144 Å². The summed E-state index contributed by atoms with van der Waals surface area (Å²) in [4.78, 5) is 69.4. The zero-order valence-corrected chi connectivity index (χ0v) is 35.5. The fourth-order valence-electron chi connectivity index (χ4n) is 10.8. The molecule has 5 saturated heterocycles. The zero-order valence-electron chi connectivity index (χ0n) is 35.5. The largest absolute Gasteiger partial charge is 0.496 e. The SMILES string of the molecule is COc1cc(-c2c[nH]c(=O)c3cnc(N4CC[C@@H]4C)cc23)cc(OC)c1CN1CCC(CN2CCC3(CC2)CN(c2ccc4c(c2)C(=O)N(C2CCC(=O)NC2=O)C4)C3)CC1. The van der Waals surface area contributed by atoms with Gasteiger partial charge < -0.3 is 34.1 Å². The molecule has 0 radical (unpaired) electrons. The second-order valence-corrected chi connectivity index (χ2v) is 18.4. The van der Waals surface area contributed by atoms with Crippen molar-refractivity contribution in [2.45, 2.75) is 77.0 Å². The highest BCUT2D eigenvalue weighted by Crippen LogP contribution is 2.44. The van der Waals surface area contributed by atoms with Gasteiger partial charge >= 0.3 is 0 Å². The highest BCUT2D eigenvalue weighted by atomic mass is 16.5. The van der Waals surface area contributed by atoms with Crippen LogP contribution in [-0.2, 0) is 22.7 Å². The molecular formula is C47H56N8O6. The van der Waals surface area contributed by atoms with E-state index in [-0.39, 0.29) is 29.7 Å². The molecule has 0 aliphatic carbocycles. The number of pyridine rings is 2. The van der Waals surface area contributed by atoms with Crippen LogP contribution in [0.25, 0.3) is 21.9 Å². The number of hydrogen-bond donors (Lipinski definition) is 2. The maximum absolute atomic E-state index is 13.4. The molecule has 320 valence electrons. The van der Waals surface area contributed by atoms with Gasteiger partial charge in [0.1, 0.15) is 23.4 Å². The second kappa shape index (κ2) is 15.8. The molecular weight excluding hydrogens is 773 g/mol. The van der Waals surface area contributed by atoms with Gasteiger partial charge in [-0.15, -0.1) is 0 Å². The van der Waals surface area contributed by atoms with Gasteiger partial charge in [-0.25, -0.2) is 4.98 Å². The molecule has 2 aromatic heterocycles. The number of benzene rings is 2. The highest BCUT2D eigenvalue weighted by molar-refractivity contribution is 6.05. The third kappa shape index (κ3) is 7.30. The van der Waals surface area contributed by atoms with Crippen LogP contribution in [0.2, 0.25) is 0 Å². The summed E-state index contributed by atoms with van der Waals surface area (Å²) in [6, 6.07) is 12.2. The molecule has 14 heteroatoms. The lowest BCUT2D eigenvalue weighted by Crippen LogP contribution is -2.60. The Bertz CT molecular complexity index is 2420. The molecule has 8 heterocycles. The van der Waals surface area contributed by atoms with Gasteiger partial charge in [-0.3, -0.25) is 29.4 Å². The number of hydrogen-bond acceptors (Lipinski definition) is 11. The van der Waals surface area contributed by atoms with E-state index in [1.165, 1.54) is 12.8 Å². The Morgan fingerprint density at radius 1 is 0.820 bits per heavy atom. The van der Waals surface area contributed by atoms with Crippen molar-refractivity contribution in [2.24, 2.45) is 11.3 Å². The van der Waals surface area contributed by atoms with Crippen molar-refractivity contribution >= 4 is 40.0 Å². The maximum Gasteiger partial charge on any atom is 0.257 e. The number of aromatic amines is 1. The summed E-state index contributed by atoms with van der Waals surface area (Å²) in [6.07, 6.45) is 9.95. The number of amides is 3. The molecule has 6 aliphatic rings. The van der Waals surface area contributed by atoms with Gasteiger partial charge in [-0.1, -0.05) is 6.07 Å². The number of ether oxygens (including phenoxy) is 2. The van der Waals surface area contributed by atoms with Crippen molar-refractivity contribution in [1.82, 2.24) is 30.0 Å². The molecule has 0 saturated carbocycles.